The van der Waals surface area contributed by atoms with Crippen LogP contribution in [0.15, 0.2) is 22.9 Å². The summed E-state index contributed by atoms with van der Waals surface area (Å²) in [6, 6.07) is 3.85. The minimum atomic E-state index is -0.403. The van der Waals surface area contributed by atoms with Gasteiger partial charge < -0.3 is 10.3 Å². The summed E-state index contributed by atoms with van der Waals surface area (Å²) in [5.74, 6) is 1.12. The molecule has 0 saturated heterocycles. The van der Waals surface area contributed by atoms with Crippen molar-refractivity contribution in [3.8, 4) is 11.5 Å². The smallest absolute Gasteiger partial charge is 0.259 e. The van der Waals surface area contributed by atoms with E-state index in [0.29, 0.717) is 11.7 Å². The van der Waals surface area contributed by atoms with E-state index in [1.165, 1.54) is 0 Å². The molecule has 2 heterocycles. The van der Waals surface area contributed by atoms with Gasteiger partial charge in [-0.25, -0.2) is 0 Å². The monoisotopic (exact) mass is 244 g/mol. The van der Waals surface area contributed by atoms with Crippen molar-refractivity contribution in [1.82, 2.24) is 15.1 Å². The fourth-order valence-electron chi connectivity index (χ4n) is 2.37. The van der Waals surface area contributed by atoms with Gasteiger partial charge in [-0.15, -0.1) is 0 Å². The van der Waals surface area contributed by atoms with Crippen molar-refractivity contribution in [3.63, 3.8) is 0 Å². The van der Waals surface area contributed by atoms with Crippen molar-refractivity contribution in [3.05, 3.63) is 29.8 Å². The Labute approximate surface area is 105 Å². The molecule has 1 aliphatic carbocycles. The summed E-state index contributed by atoms with van der Waals surface area (Å²) < 4.78 is 5.29. The molecular formula is C13H16N4O. The van der Waals surface area contributed by atoms with Crippen LogP contribution in [0.25, 0.3) is 11.5 Å². The lowest BCUT2D eigenvalue weighted by atomic mass is 9.99. The summed E-state index contributed by atoms with van der Waals surface area (Å²) in [6.07, 6.45) is 5.86. The van der Waals surface area contributed by atoms with Gasteiger partial charge in [0.05, 0.1) is 11.1 Å². The van der Waals surface area contributed by atoms with Crippen molar-refractivity contribution < 1.29 is 4.52 Å². The number of hydrogen-bond acceptors (Lipinski definition) is 5. The first kappa shape index (κ1) is 11.3. The zero-order valence-corrected chi connectivity index (χ0v) is 10.4. The Morgan fingerprint density at radius 2 is 2.06 bits per heavy atom. The number of aryl methyl sites for hydroxylation is 1. The number of pyridine rings is 1. The quantitative estimate of drug-likeness (QED) is 0.875. The fraction of sp³-hybridized carbons (Fsp3) is 0.462. The van der Waals surface area contributed by atoms with Crippen LogP contribution in [-0.4, -0.2) is 15.1 Å². The molecule has 2 aromatic heterocycles. The van der Waals surface area contributed by atoms with Gasteiger partial charge in [-0.3, -0.25) is 4.98 Å². The molecule has 1 saturated carbocycles. The Bertz CT molecular complexity index is 540. The average Bonchev–Trinajstić information content (AvgIpc) is 2.99. The van der Waals surface area contributed by atoms with E-state index in [1.54, 1.807) is 6.20 Å². The van der Waals surface area contributed by atoms with Gasteiger partial charge in [0.1, 0.15) is 0 Å². The van der Waals surface area contributed by atoms with E-state index >= 15 is 0 Å². The van der Waals surface area contributed by atoms with Gasteiger partial charge in [0, 0.05) is 11.9 Å². The molecule has 0 aromatic carbocycles. The highest BCUT2D eigenvalue weighted by molar-refractivity contribution is 5.51. The Morgan fingerprint density at radius 3 is 2.72 bits per heavy atom. The zero-order valence-electron chi connectivity index (χ0n) is 10.4. The highest BCUT2D eigenvalue weighted by Gasteiger charge is 2.36. The summed E-state index contributed by atoms with van der Waals surface area (Å²) >= 11 is 0. The molecular weight excluding hydrogens is 228 g/mol. The van der Waals surface area contributed by atoms with Gasteiger partial charge in [0.2, 0.25) is 0 Å². The number of hydrogen-bond donors (Lipinski definition) is 1. The van der Waals surface area contributed by atoms with Crippen molar-refractivity contribution >= 4 is 0 Å². The Hall–Kier alpha value is -1.75. The zero-order chi connectivity index (χ0) is 12.6. The molecule has 0 unspecified atom stereocenters. The molecule has 3 rings (SSSR count). The second kappa shape index (κ2) is 4.17. The first-order chi connectivity index (χ1) is 8.67. The third kappa shape index (κ3) is 1.90. The number of rotatable bonds is 2. The maximum absolute atomic E-state index is 6.30. The molecule has 0 spiro atoms. The third-order valence-electron chi connectivity index (χ3n) is 3.53. The lowest BCUT2D eigenvalue weighted by molar-refractivity contribution is 0.372. The lowest BCUT2D eigenvalue weighted by Gasteiger charge is -2.17. The predicted molar refractivity (Wildman–Crippen MR) is 66.6 cm³/mol. The van der Waals surface area contributed by atoms with E-state index in [9.17, 15) is 0 Å². The van der Waals surface area contributed by atoms with E-state index in [-0.39, 0.29) is 0 Å². The molecule has 0 amide bonds. The molecule has 94 valence electrons. The van der Waals surface area contributed by atoms with E-state index in [2.05, 4.69) is 15.1 Å². The molecule has 0 atom stereocenters. The van der Waals surface area contributed by atoms with Crippen LogP contribution in [0.2, 0.25) is 0 Å². The SMILES string of the molecule is Cc1ccc(-c2nc(C3(N)CCCC3)no2)cn1. The van der Waals surface area contributed by atoms with Gasteiger partial charge in [0.25, 0.3) is 5.89 Å². The minimum absolute atomic E-state index is 0.403. The molecule has 1 fully saturated rings. The predicted octanol–water partition coefficient (Wildman–Crippen LogP) is 2.17. The summed E-state index contributed by atoms with van der Waals surface area (Å²) in [7, 11) is 0. The van der Waals surface area contributed by atoms with Crippen molar-refractivity contribution in [1.29, 1.82) is 0 Å². The summed E-state index contributed by atoms with van der Waals surface area (Å²) in [6.45, 7) is 1.94. The van der Waals surface area contributed by atoms with Crippen molar-refractivity contribution in [2.75, 3.05) is 0 Å². The van der Waals surface area contributed by atoms with Crippen LogP contribution in [0.3, 0.4) is 0 Å². The first-order valence-corrected chi connectivity index (χ1v) is 6.23. The minimum Gasteiger partial charge on any atom is -0.334 e. The van der Waals surface area contributed by atoms with E-state index < -0.39 is 5.54 Å². The van der Waals surface area contributed by atoms with Crippen LogP contribution in [0.5, 0.6) is 0 Å². The second-order valence-corrected chi connectivity index (χ2v) is 4.97. The molecule has 0 bridgehead atoms. The number of nitrogens with two attached hydrogens (primary N) is 1. The van der Waals surface area contributed by atoms with Gasteiger partial charge in [-0.2, -0.15) is 4.98 Å². The van der Waals surface area contributed by atoms with Crippen molar-refractivity contribution in [2.45, 2.75) is 38.1 Å². The molecule has 18 heavy (non-hydrogen) atoms. The number of nitrogens with zero attached hydrogens (tertiary/aromatic N) is 3. The highest BCUT2D eigenvalue weighted by atomic mass is 16.5. The summed E-state index contributed by atoms with van der Waals surface area (Å²) in [5.41, 5.74) is 7.69. The fourth-order valence-corrected chi connectivity index (χ4v) is 2.37. The average molecular weight is 244 g/mol. The standard InChI is InChI=1S/C13H16N4O/c1-9-4-5-10(8-15-9)11-16-12(17-18-11)13(14)6-2-3-7-13/h4-5,8H,2-3,6-7,14H2,1H3. The largest absolute Gasteiger partial charge is 0.334 e. The van der Waals surface area contributed by atoms with Gasteiger partial charge in [-0.1, -0.05) is 18.0 Å². The normalized spacial score (nSPS) is 18.1. The van der Waals surface area contributed by atoms with Gasteiger partial charge in [0.15, 0.2) is 5.82 Å². The molecule has 0 radical (unpaired) electrons. The molecule has 5 heteroatoms. The second-order valence-electron chi connectivity index (χ2n) is 4.97. The van der Waals surface area contributed by atoms with Crippen LogP contribution >= 0.6 is 0 Å². The topological polar surface area (TPSA) is 77.8 Å². The van der Waals surface area contributed by atoms with E-state index in [1.807, 2.05) is 19.1 Å². The van der Waals surface area contributed by atoms with Crippen LogP contribution in [0.4, 0.5) is 0 Å². The molecule has 0 aliphatic heterocycles. The molecule has 5 nitrogen and oxygen atoms in total. The van der Waals surface area contributed by atoms with Gasteiger partial charge >= 0.3 is 0 Å². The van der Waals surface area contributed by atoms with Crippen molar-refractivity contribution in [2.24, 2.45) is 5.73 Å². The lowest BCUT2D eigenvalue weighted by Crippen LogP contribution is -2.34. The van der Waals surface area contributed by atoms with Crippen LogP contribution in [0, 0.1) is 6.92 Å². The molecule has 1 aliphatic rings. The van der Waals surface area contributed by atoms with Gasteiger partial charge in [-0.05, 0) is 31.9 Å². The van der Waals surface area contributed by atoms with Crippen LogP contribution in [-0.2, 0) is 5.54 Å². The van der Waals surface area contributed by atoms with Crippen LogP contribution in [0.1, 0.15) is 37.2 Å². The Kier molecular flexibility index (Phi) is 2.63. The Balaban J connectivity index is 1.91. The van der Waals surface area contributed by atoms with Crippen LogP contribution < -0.4 is 5.73 Å². The first-order valence-electron chi connectivity index (χ1n) is 6.23. The van der Waals surface area contributed by atoms with E-state index in [4.69, 9.17) is 10.3 Å². The third-order valence-corrected chi connectivity index (χ3v) is 3.53. The summed E-state index contributed by atoms with van der Waals surface area (Å²) in [5, 5.41) is 4.03. The van der Waals surface area contributed by atoms with E-state index in [0.717, 1.165) is 36.9 Å². The maximum Gasteiger partial charge on any atom is 0.259 e. The molecule has 2 aromatic rings. The highest BCUT2D eigenvalue weighted by Crippen LogP contribution is 2.35. The summed E-state index contributed by atoms with van der Waals surface area (Å²) in [4.78, 5) is 8.64. The Morgan fingerprint density at radius 1 is 1.28 bits per heavy atom. The number of aromatic nitrogens is 3. The maximum atomic E-state index is 6.30. The molecule has 2 N–H and O–H groups in total.